The van der Waals surface area contributed by atoms with Crippen LogP contribution in [0.4, 0.5) is 4.79 Å². The van der Waals surface area contributed by atoms with Crippen LogP contribution in [0.3, 0.4) is 0 Å². The molecule has 6 heteroatoms. The van der Waals surface area contributed by atoms with Crippen LogP contribution in [-0.4, -0.2) is 59.8 Å². The number of aliphatic hydroxyl groups is 1. The summed E-state index contributed by atoms with van der Waals surface area (Å²) in [6.07, 6.45) is 4.54. The molecular formula is C17H27N3O2S. The summed E-state index contributed by atoms with van der Waals surface area (Å²) in [7, 11) is 0. The van der Waals surface area contributed by atoms with Crippen molar-refractivity contribution in [1.82, 2.24) is 15.1 Å². The standard InChI is InChI=1S/C17H27N3O2S/c21-9-8-20(15-5-6-15)17(22)18-11-14-3-1-7-19(12-14)13-16-4-2-10-23-16/h2,4,10,14-15,21H,1,3,5-9,11-13H2,(H,18,22). The number of urea groups is 1. The van der Waals surface area contributed by atoms with Crippen molar-refractivity contribution in [3.63, 3.8) is 0 Å². The highest BCUT2D eigenvalue weighted by molar-refractivity contribution is 7.09. The van der Waals surface area contributed by atoms with Gasteiger partial charge in [-0.05, 0) is 49.6 Å². The summed E-state index contributed by atoms with van der Waals surface area (Å²) >= 11 is 1.81. The second-order valence-electron chi connectivity index (χ2n) is 6.66. The summed E-state index contributed by atoms with van der Waals surface area (Å²) in [6, 6.07) is 4.65. The van der Waals surface area contributed by atoms with Crippen LogP contribution in [0.5, 0.6) is 0 Å². The molecule has 2 amide bonds. The molecule has 23 heavy (non-hydrogen) atoms. The normalized spacial score (nSPS) is 22.0. The number of aliphatic hydroxyl groups excluding tert-OH is 1. The van der Waals surface area contributed by atoms with Crippen LogP contribution < -0.4 is 5.32 Å². The largest absolute Gasteiger partial charge is 0.395 e. The molecule has 2 N–H and O–H groups in total. The molecule has 1 saturated carbocycles. The van der Waals surface area contributed by atoms with Gasteiger partial charge in [0.25, 0.3) is 0 Å². The Kier molecular flexibility index (Phi) is 5.91. The van der Waals surface area contributed by atoms with Crippen molar-refractivity contribution in [3.8, 4) is 0 Å². The summed E-state index contributed by atoms with van der Waals surface area (Å²) in [5.41, 5.74) is 0. The molecule has 1 aliphatic carbocycles. The number of piperidine rings is 1. The van der Waals surface area contributed by atoms with E-state index in [0.29, 0.717) is 18.5 Å². The number of amides is 2. The minimum Gasteiger partial charge on any atom is -0.395 e. The first-order chi connectivity index (χ1) is 11.3. The Morgan fingerprint density at radius 1 is 1.43 bits per heavy atom. The Bertz CT molecular complexity index is 490. The van der Waals surface area contributed by atoms with Crippen LogP contribution in [0, 0.1) is 5.92 Å². The maximum Gasteiger partial charge on any atom is 0.317 e. The number of rotatable bonds is 7. The van der Waals surface area contributed by atoms with Gasteiger partial charge in [0, 0.05) is 37.1 Å². The highest BCUT2D eigenvalue weighted by atomic mass is 32.1. The number of carbonyl (C=O) groups is 1. The van der Waals surface area contributed by atoms with Gasteiger partial charge in [-0.25, -0.2) is 4.79 Å². The SMILES string of the molecule is O=C(NCC1CCCN(Cc2cccs2)C1)N(CCO)C1CC1. The zero-order chi connectivity index (χ0) is 16.1. The molecule has 3 rings (SSSR count). The van der Waals surface area contributed by atoms with Gasteiger partial charge in [0.05, 0.1) is 6.61 Å². The molecule has 0 aromatic carbocycles. The molecule has 128 valence electrons. The average Bonchev–Trinajstić information content (AvgIpc) is 3.28. The van der Waals surface area contributed by atoms with E-state index in [9.17, 15) is 4.79 Å². The van der Waals surface area contributed by atoms with E-state index < -0.39 is 0 Å². The predicted octanol–water partition coefficient (Wildman–Crippen LogP) is 2.13. The molecule has 0 spiro atoms. The van der Waals surface area contributed by atoms with Crippen LogP contribution in [0.2, 0.25) is 0 Å². The van der Waals surface area contributed by atoms with E-state index in [1.54, 1.807) is 4.90 Å². The summed E-state index contributed by atoms with van der Waals surface area (Å²) < 4.78 is 0. The van der Waals surface area contributed by atoms with Crippen LogP contribution in [0.1, 0.15) is 30.6 Å². The lowest BCUT2D eigenvalue weighted by Crippen LogP contribution is -2.46. The molecule has 1 aliphatic heterocycles. The number of likely N-dealkylation sites (tertiary alicyclic amines) is 1. The van der Waals surface area contributed by atoms with Gasteiger partial charge >= 0.3 is 6.03 Å². The first kappa shape index (κ1) is 16.7. The smallest absolute Gasteiger partial charge is 0.317 e. The van der Waals surface area contributed by atoms with Crippen molar-refractivity contribution < 1.29 is 9.90 Å². The van der Waals surface area contributed by atoms with Crippen molar-refractivity contribution >= 4 is 17.4 Å². The zero-order valence-corrected chi connectivity index (χ0v) is 14.4. The molecule has 2 fully saturated rings. The van der Waals surface area contributed by atoms with Gasteiger partial charge in [-0.1, -0.05) is 6.07 Å². The molecule has 1 atom stereocenters. The molecule has 0 radical (unpaired) electrons. The lowest BCUT2D eigenvalue weighted by molar-refractivity contribution is 0.154. The fourth-order valence-corrected chi connectivity index (χ4v) is 4.11. The zero-order valence-electron chi connectivity index (χ0n) is 13.6. The minimum atomic E-state index is -0.00284. The third kappa shape index (κ3) is 4.93. The molecule has 1 saturated heterocycles. The van der Waals surface area contributed by atoms with Crippen LogP contribution >= 0.6 is 11.3 Å². The van der Waals surface area contributed by atoms with Crippen molar-refractivity contribution in [2.45, 2.75) is 38.3 Å². The molecule has 5 nitrogen and oxygen atoms in total. The van der Waals surface area contributed by atoms with Crippen LogP contribution in [-0.2, 0) is 6.54 Å². The first-order valence-electron chi connectivity index (χ1n) is 8.66. The second kappa shape index (κ2) is 8.13. The fraction of sp³-hybridized carbons (Fsp3) is 0.706. The van der Waals surface area contributed by atoms with Gasteiger partial charge in [0.1, 0.15) is 0 Å². The van der Waals surface area contributed by atoms with Crippen LogP contribution in [0.25, 0.3) is 0 Å². The minimum absolute atomic E-state index is 0.00284. The second-order valence-corrected chi connectivity index (χ2v) is 7.69. The quantitative estimate of drug-likeness (QED) is 0.801. The third-order valence-corrected chi connectivity index (χ3v) is 5.56. The Morgan fingerprint density at radius 3 is 3.00 bits per heavy atom. The highest BCUT2D eigenvalue weighted by Gasteiger charge is 2.32. The molecule has 2 heterocycles. The third-order valence-electron chi connectivity index (χ3n) is 4.69. The lowest BCUT2D eigenvalue weighted by atomic mass is 9.98. The molecular weight excluding hydrogens is 310 g/mol. The number of hydrogen-bond donors (Lipinski definition) is 2. The maximum absolute atomic E-state index is 12.3. The van der Waals surface area contributed by atoms with Crippen molar-refractivity contribution in [2.24, 2.45) is 5.92 Å². The van der Waals surface area contributed by atoms with E-state index in [2.05, 4.69) is 27.7 Å². The van der Waals surface area contributed by atoms with Crippen molar-refractivity contribution in [1.29, 1.82) is 0 Å². The summed E-state index contributed by atoms with van der Waals surface area (Å²) in [4.78, 5) is 18.0. The van der Waals surface area contributed by atoms with E-state index in [4.69, 9.17) is 5.11 Å². The molecule has 1 aromatic rings. The topological polar surface area (TPSA) is 55.8 Å². The van der Waals surface area contributed by atoms with Crippen LogP contribution in [0.15, 0.2) is 17.5 Å². The lowest BCUT2D eigenvalue weighted by Gasteiger charge is -2.33. The highest BCUT2D eigenvalue weighted by Crippen LogP contribution is 2.26. The number of thiophene rings is 1. The van der Waals surface area contributed by atoms with Gasteiger partial charge in [0.2, 0.25) is 0 Å². The van der Waals surface area contributed by atoms with Crippen molar-refractivity contribution in [3.05, 3.63) is 22.4 Å². The number of hydrogen-bond acceptors (Lipinski definition) is 4. The van der Waals surface area contributed by atoms with Gasteiger partial charge in [-0.15, -0.1) is 11.3 Å². The Hall–Kier alpha value is -1.11. The monoisotopic (exact) mass is 337 g/mol. The fourth-order valence-electron chi connectivity index (χ4n) is 3.36. The van der Waals surface area contributed by atoms with Gasteiger partial charge in [-0.3, -0.25) is 4.90 Å². The summed E-state index contributed by atoms with van der Waals surface area (Å²) in [5, 5.41) is 14.3. The Morgan fingerprint density at radius 2 is 2.30 bits per heavy atom. The van der Waals surface area contributed by atoms with E-state index in [1.807, 2.05) is 11.3 Å². The number of carbonyl (C=O) groups excluding carboxylic acids is 1. The maximum atomic E-state index is 12.3. The van der Waals surface area contributed by atoms with E-state index in [1.165, 1.54) is 17.7 Å². The Balaban J connectivity index is 1.43. The summed E-state index contributed by atoms with van der Waals surface area (Å²) in [6.45, 7) is 4.48. The van der Waals surface area contributed by atoms with Gasteiger partial charge in [-0.2, -0.15) is 0 Å². The van der Waals surface area contributed by atoms with Gasteiger partial charge < -0.3 is 15.3 Å². The van der Waals surface area contributed by atoms with Crippen molar-refractivity contribution in [2.75, 3.05) is 32.8 Å². The molecule has 1 unspecified atom stereocenters. The summed E-state index contributed by atoms with van der Waals surface area (Å²) in [5.74, 6) is 0.530. The average molecular weight is 337 g/mol. The molecule has 0 bridgehead atoms. The number of nitrogens with zero attached hydrogens (tertiary/aromatic N) is 2. The van der Waals surface area contributed by atoms with Gasteiger partial charge in [0.15, 0.2) is 0 Å². The predicted molar refractivity (Wildman–Crippen MR) is 92.5 cm³/mol. The van der Waals surface area contributed by atoms with E-state index >= 15 is 0 Å². The van der Waals surface area contributed by atoms with E-state index in [-0.39, 0.29) is 12.6 Å². The first-order valence-corrected chi connectivity index (χ1v) is 9.54. The molecule has 2 aliphatic rings. The van der Waals surface area contributed by atoms with E-state index in [0.717, 1.165) is 39.0 Å². The number of nitrogens with one attached hydrogen (secondary N) is 1. The molecule has 1 aromatic heterocycles. The Labute approximate surface area is 142 Å².